The summed E-state index contributed by atoms with van der Waals surface area (Å²) < 4.78 is 0. The molecule has 0 aliphatic carbocycles. The summed E-state index contributed by atoms with van der Waals surface area (Å²) in [4.78, 5) is 2.54. The number of hydrogen-bond donors (Lipinski definition) is 1. The highest BCUT2D eigenvalue weighted by molar-refractivity contribution is 5.48. The smallest absolute Gasteiger partial charge is 0.0366 e. The predicted molar refractivity (Wildman–Crippen MR) is 83.5 cm³/mol. The molecule has 1 fully saturated rings. The summed E-state index contributed by atoms with van der Waals surface area (Å²) in [7, 11) is 0. The van der Waals surface area contributed by atoms with Crippen LogP contribution in [0.1, 0.15) is 57.6 Å². The van der Waals surface area contributed by atoms with E-state index in [-0.39, 0.29) is 6.04 Å². The van der Waals surface area contributed by atoms with Crippen molar-refractivity contribution in [1.29, 1.82) is 0 Å². The van der Waals surface area contributed by atoms with Gasteiger partial charge < -0.3 is 10.6 Å². The van der Waals surface area contributed by atoms with Crippen LogP contribution >= 0.6 is 0 Å². The van der Waals surface area contributed by atoms with Crippen molar-refractivity contribution in [3.8, 4) is 0 Å². The van der Waals surface area contributed by atoms with Crippen LogP contribution in [0.5, 0.6) is 0 Å². The van der Waals surface area contributed by atoms with E-state index in [1.54, 1.807) is 0 Å². The number of nitrogens with two attached hydrogens (primary N) is 1. The molecule has 1 aromatic carbocycles. The van der Waals surface area contributed by atoms with Crippen molar-refractivity contribution in [1.82, 2.24) is 0 Å². The van der Waals surface area contributed by atoms with Crippen LogP contribution in [-0.2, 0) is 0 Å². The van der Waals surface area contributed by atoms with E-state index in [9.17, 15) is 0 Å². The van der Waals surface area contributed by atoms with Gasteiger partial charge in [-0.2, -0.15) is 0 Å². The second kappa shape index (κ2) is 6.95. The van der Waals surface area contributed by atoms with Crippen LogP contribution in [0.15, 0.2) is 24.3 Å². The lowest BCUT2D eigenvalue weighted by atomic mass is 9.96. The quantitative estimate of drug-likeness (QED) is 0.882. The monoisotopic (exact) mass is 260 g/mol. The van der Waals surface area contributed by atoms with E-state index >= 15 is 0 Å². The molecule has 0 radical (unpaired) electrons. The third-order valence-corrected chi connectivity index (χ3v) is 4.33. The van der Waals surface area contributed by atoms with Gasteiger partial charge in [-0.3, -0.25) is 0 Å². The first-order chi connectivity index (χ1) is 9.20. The highest BCUT2D eigenvalue weighted by Crippen LogP contribution is 2.26. The van der Waals surface area contributed by atoms with Gasteiger partial charge in [0.15, 0.2) is 0 Å². The van der Waals surface area contributed by atoms with Crippen LogP contribution in [0, 0.1) is 5.92 Å². The SMILES string of the molecule is CCCC1CCCN(c2ccc([C@@H](C)N)cc2)CC1. The molecule has 1 saturated heterocycles. The summed E-state index contributed by atoms with van der Waals surface area (Å²) in [5.74, 6) is 0.943. The number of hydrogen-bond acceptors (Lipinski definition) is 2. The molecule has 0 saturated carbocycles. The Kier molecular flexibility index (Phi) is 5.26. The van der Waals surface area contributed by atoms with Gasteiger partial charge in [-0.1, -0.05) is 31.9 Å². The van der Waals surface area contributed by atoms with Gasteiger partial charge in [0.05, 0.1) is 0 Å². The van der Waals surface area contributed by atoms with Gasteiger partial charge in [0.25, 0.3) is 0 Å². The van der Waals surface area contributed by atoms with Crippen molar-refractivity contribution in [3.63, 3.8) is 0 Å². The van der Waals surface area contributed by atoms with Crippen molar-refractivity contribution >= 4 is 5.69 Å². The van der Waals surface area contributed by atoms with E-state index in [2.05, 4.69) is 36.1 Å². The first-order valence-electron chi connectivity index (χ1n) is 7.81. The molecular formula is C17H28N2. The summed E-state index contributed by atoms with van der Waals surface area (Å²) in [5, 5.41) is 0. The standard InChI is InChI=1S/C17H28N2/c1-3-5-15-6-4-12-19(13-11-15)17-9-7-16(8-10-17)14(2)18/h7-10,14-15H,3-6,11-13,18H2,1-2H3/t14-,15?/m1/s1. The average molecular weight is 260 g/mol. The van der Waals surface area contributed by atoms with E-state index in [1.807, 2.05) is 6.92 Å². The molecule has 1 aromatic rings. The Balaban J connectivity index is 1.97. The number of nitrogens with zero attached hydrogens (tertiary/aromatic N) is 1. The lowest BCUT2D eigenvalue weighted by Crippen LogP contribution is -2.24. The van der Waals surface area contributed by atoms with Crippen LogP contribution in [0.25, 0.3) is 0 Å². The molecule has 0 bridgehead atoms. The van der Waals surface area contributed by atoms with Gasteiger partial charge in [-0.25, -0.2) is 0 Å². The maximum atomic E-state index is 5.91. The molecule has 2 nitrogen and oxygen atoms in total. The van der Waals surface area contributed by atoms with Crippen LogP contribution in [0.2, 0.25) is 0 Å². The molecule has 1 unspecified atom stereocenters. The Morgan fingerprint density at radius 2 is 1.95 bits per heavy atom. The molecule has 0 amide bonds. The minimum absolute atomic E-state index is 0.132. The lowest BCUT2D eigenvalue weighted by molar-refractivity contribution is 0.435. The predicted octanol–water partition coefficient (Wildman–Crippen LogP) is 4.11. The molecule has 2 rings (SSSR count). The van der Waals surface area contributed by atoms with Crippen LogP contribution in [-0.4, -0.2) is 13.1 Å². The van der Waals surface area contributed by atoms with Crippen LogP contribution in [0.4, 0.5) is 5.69 Å². The molecule has 19 heavy (non-hydrogen) atoms. The molecule has 2 atom stereocenters. The highest BCUT2D eigenvalue weighted by Gasteiger charge is 2.16. The number of benzene rings is 1. The number of anilines is 1. The molecule has 0 spiro atoms. The topological polar surface area (TPSA) is 29.3 Å². The van der Waals surface area contributed by atoms with Crippen molar-refractivity contribution < 1.29 is 0 Å². The van der Waals surface area contributed by atoms with E-state index in [0.29, 0.717) is 0 Å². The third-order valence-electron chi connectivity index (χ3n) is 4.33. The van der Waals surface area contributed by atoms with E-state index in [1.165, 1.54) is 56.4 Å². The summed E-state index contributed by atoms with van der Waals surface area (Å²) in [6, 6.07) is 8.95. The normalized spacial score (nSPS) is 22.1. The van der Waals surface area contributed by atoms with E-state index < -0.39 is 0 Å². The molecule has 0 aromatic heterocycles. The fraction of sp³-hybridized carbons (Fsp3) is 0.647. The van der Waals surface area contributed by atoms with Gasteiger partial charge in [-0.05, 0) is 49.8 Å². The van der Waals surface area contributed by atoms with Crippen LogP contribution in [0.3, 0.4) is 0 Å². The van der Waals surface area contributed by atoms with Gasteiger partial charge in [0, 0.05) is 24.8 Å². The maximum absolute atomic E-state index is 5.91. The maximum Gasteiger partial charge on any atom is 0.0366 e. The minimum atomic E-state index is 0.132. The Bertz CT molecular complexity index is 369. The Morgan fingerprint density at radius 3 is 2.58 bits per heavy atom. The Hall–Kier alpha value is -1.02. The summed E-state index contributed by atoms with van der Waals surface area (Å²) in [6.07, 6.45) is 6.82. The van der Waals surface area contributed by atoms with Crippen molar-refractivity contribution in [2.75, 3.05) is 18.0 Å². The molecule has 106 valence electrons. The Morgan fingerprint density at radius 1 is 1.21 bits per heavy atom. The minimum Gasteiger partial charge on any atom is -0.372 e. The first-order valence-corrected chi connectivity index (χ1v) is 7.81. The zero-order valence-corrected chi connectivity index (χ0v) is 12.4. The number of rotatable bonds is 4. The zero-order valence-electron chi connectivity index (χ0n) is 12.4. The largest absolute Gasteiger partial charge is 0.372 e. The zero-order chi connectivity index (χ0) is 13.7. The van der Waals surface area contributed by atoms with Crippen molar-refractivity contribution in [3.05, 3.63) is 29.8 Å². The molecule has 1 aliphatic heterocycles. The van der Waals surface area contributed by atoms with Gasteiger partial charge in [0.1, 0.15) is 0 Å². The molecule has 2 heteroatoms. The highest BCUT2D eigenvalue weighted by atomic mass is 15.1. The second-order valence-corrected chi connectivity index (χ2v) is 5.95. The Labute approximate surface area is 118 Å². The molecule has 1 aliphatic rings. The molecular weight excluding hydrogens is 232 g/mol. The lowest BCUT2D eigenvalue weighted by Gasteiger charge is -2.23. The fourth-order valence-corrected chi connectivity index (χ4v) is 3.11. The summed E-state index contributed by atoms with van der Waals surface area (Å²) >= 11 is 0. The second-order valence-electron chi connectivity index (χ2n) is 5.95. The van der Waals surface area contributed by atoms with Gasteiger partial charge in [0.2, 0.25) is 0 Å². The summed E-state index contributed by atoms with van der Waals surface area (Å²) in [5.41, 5.74) is 8.49. The molecule has 1 heterocycles. The fourth-order valence-electron chi connectivity index (χ4n) is 3.11. The van der Waals surface area contributed by atoms with E-state index in [4.69, 9.17) is 5.73 Å². The van der Waals surface area contributed by atoms with Crippen LogP contribution < -0.4 is 10.6 Å². The summed E-state index contributed by atoms with van der Waals surface area (Å²) in [6.45, 7) is 6.76. The van der Waals surface area contributed by atoms with Gasteiger partial charge >= 0.3 is 0 Å². The van der Waals surface area contributed by atoms with Crippen molar-refractivity contribution in [2.24, 2.45) is 11.7 Å². The van der Waals surface area contributed by atoms with Crippen molar-refractivity contribution in [2.45, 2.75) is 52.0 Å². The average Bonchev–Trinajstić information content (AvgIpc) is 2.65. The van der Waals surface area contributed by atoms with Gasteiger partial charge in [-0.15, -0.1) is 0 Å². The first kappa shape index (κ1) is 14.4. The van der Waals surface area contributed by atoms with E-state index in [0.717, 1.165) is 5.92 Å². The third kappa shape index (κ3) is 3.97. The molecule has 2 N–H and O–H groups in total.